The van der Waals surface area contributed by atoms with Gasteiger partial charge in [-0.2, -0.15) is 0 Å². The lowest BCUT2D eigenvalue weighted by atomic mass is 9.97. The summed E-state index contributed by atoms with van der Waals surface area (Å²) in [5.41, 5.74) is 0. The molecule has 0 aliphatic heterocycles. The van der Waals surface area contributed by atoms with Crippen molar-refractivity contribution in [2.75, 3.05) is 19.0 Å². The van der Waals surface area contributed by atoms with Crippen LogP contribution in [0.3, 0.4) is 0 Å². The smallest absolute Gasteiger partial charge is 0.320 e. The van der Waals surface area contributed by atoms with Crippen molar-refractivity contribution in [3.8, 4) is 0 Å². The van der Waals surface area contributed by atoms with Gasteiger partial charge in [0.2, 0.25) is 0 Å². The highest BCUT2D eigenvalue weighted by molar-refractivity contribution is 8.13. The van der Waals surface area contributed by atoms with E-state index in [0.717, 1.165) is 0 Å². The van der Waals surface area contributed by atoms with Crippen molar-refractivity contribution in [1.29, 1.82) is 0 Å². The highest BCUT2D eigenvalue weighted by Crippen LogP contribution is 2.20. The molecule has 5 nitrogen and oxygen atoms in total. The minimum atomic E-state index is -0.901. The van der Waals surface area contributed by atoms with Crippen LogP contribution in [0.2, 0.25) is 0 Å². The van der Waals surface area contributed by atoms with Crippen LogP contribution in [0.15, 0.2) is 0 Å². The maximum atomic E-state index is 11.7. The highest BCUT2D eigenvalue weighted by Gasteiger charge is 2.31. The molecule has 0 amide bonds. The van der Waals surface area contributed by atoms with E-state index in [1.54, 1.807) is 13.8 Å². The number of carbonyl (C=O) groups is 3. The van der Waals surface area contributed by atoms with Crippen molar-refractivity contribution in [2.45, 2.75) is 34.1 Å². The molecule has 0 aromatic heterocycles. The van der Waals surface area contributed by atoms with Crippen LogP contribution in [0.4, 0.5) is 0 Å². The fraction of sp³-hybridized carbons (Fsp3) is 0.769. The molecule has 0 spiro atoms. The van der Waals surface area contributed by atoms with Crippen molar-refractivity contribution < 1.29 is 23.9 Å². The van der Waals surface area contributed by atoms with Gasteiger partial charge >= 0.3 is 11.9 Å². The zero-order valence-corrected chi connectivity index (χ0v) is 12.7. The lowest BCUT2D eigenvalue weighted by Gasteiger charge is -2.17. The minimum Gasteiger partial charge on any atom is -0.465 e. The minimum absolute atomic E-state index is 0.0238. The summed E-state index contributed by atoms with van der Waals surface area (Å²) >= 11 is 1.19. The van der Waals surface area contributed by atoms with Gasteiger partial charge in [0.05, 0.1) is 13.2 Å². The average molecular weight is 290 g/mol. The molecular weight excluding hydrogens is 268 g/mol. The molecule has 1 unspecified atom stereocenters. The second kappa shape index (κ2) is 9.83. The number of hydrogen-bond acceptors (Lipinski definition) is 6. The van der Waals surface area contributed by atoms with Gasteiger partial charge in [-0.1, -0.05) is 18.7 Å². The third-order valence-corrected chi connectivity index (χ3v) is 3.49. The standard InChI is InChI=1S/C13H22O5S/c1-5-17-12(15)11(13(16)18-6-2)7-9(3)8-19-10(4)14/h9,11H,5-8H2,1-4H3. The predicted octanol–water partition coefficient (Wildman–Crippen LogP) is 2.03. The Kier molecular flexibility index (Phi) is 9.30. The van der Waals surface area contributed by atoms with Gasteiger partial charge in [0, 0.05) is 12.7 Å². The van der Waals surface area contributed by atoms with E-state index < -0.39 is 17.9 Å². The van der Waals surface area contributed by atoms with Crippen LogP contribution >= 0.6 is 11.8 Å². The molecule has 0 aliphatic rings. The van der Waals surface area contributed by atoms with Crippen LogP contribution in [0.25, 0.3) is 0 Å². The summed E-state index contributed by atoms with van der Waals surface area (Å²) in [6, 6.07) is 0. The van der Waals surface area contributed by atoms with E-state index in [-0.39, 0.29) is 24.2 Å². The lowest BCUT2D eigenvalue weighted by molar-refractivity contribution is -0.162. The van der Waals surface area contributed by atoms with Crippen molar-refractivity contribution in [2.24, 2.45) is 11.8 Å². The van der Waals surface area contributed by atoms with Gasteiger partial charge in [-0.05, 0) is 26.2 Å². The molecular formula is C13H22O5S. The van der Waals surface area contributed by atoms with Crippen LogP contribution in [0.5, 0.6) is 0 Å². The van der Waals surface area contributed by atoms with E-state index in [4.69, 9.17) is 9.47 Å². The van der Waals surface area contributed by atoms with Crippen LogP contribution in [0.1, 0.15) is 34.1 Å². The van der Waals surface area contributed by atoms with E-state index in [9.17, 15) is 14.4 Å². The van der Waals surface area contributed by atoms with E-state index in [2.05, 4.69) is 0 Å². The van der Waals surface area contributed by atoms with Crippen molar-refractivity contribution in [3.05, 3.63) is 0 Å². The van der Waals surface area contributed by atoms with Gasteiger partial charge in [0.15, 0.2) is 11.0 Å². The van der Waals surface area contributed by atoms with E-state index in [1.807, 2.05) is 6.92 Å². The predicted molar refractivity (Wildman–Crippen MR) is 73.7 cm³/mol. The van der Waals surface area contributed by atoms with Crippen molar-refractivity contribution >= 4 is 28.8 Å². The van der Waals surface area contributed by atoms with Crippen LogP contribution < -0.4 is 0 Å². The van der Waals surface area contributed by atoms with Gasteiger partial charge in [0.1, 0.15) is 0 Å². The molecule has 19 heavy (non-hydrogen) atoms. The topological polar surface area (TPSA) is 69.7 Å². The average Bonchev–Trinajstić information content (AvgIpc) is 2.33. The number of carbonyl (C=O) groups excluding carboxylic acids is 3. The largest absolute Gasteiger partial charge is 0.465 e. The SMILES string of the molecule is CCOC(=O)C(CC(C)CSC(C)=O)C(=O)OCC. The summed E-state index contributed by atoms with van der Waals surface area (Å²) in [5.74, 6) is -1.39. The molecule has 0 rings (SSSR count). The fourth-order valence-corrected chi connectivity index (χ4v) is 2.16. The summed E-state index contributed by atoms with van der Waals surface area (Å²) in [7, 11) is 0. The first-order chi connectivity index (χ1) is 8.92. The Hall–Kier alpha value is -1.04. The summed E-state index contributed by atoms with van der Waals surface area (Å²) in [4.78, 5) is 34.4. The summed E-state index contributed by atoms with van der Waals surface area (Å²) < 4.78 is 9.77. The first-order valence-corrected chi connectivity index (χ1v) is 7.37. The normalized spacial score (nSPS) is 12.1. The monoisotopic (exact) mass is 290 g/mol. The zero-order valence-electron chi connectivity index (χ0n) is 11.9. The number of ether oxygens (including phenoxy) is 2. The molecule has 0 radical (unpaired) electrons. The molecule has 0 aliphatic carbocycles. The van der Waals surface area contributed by atoms with Crippen molar-refractivity contribution in [1.82, 2.24) is 0 Å². The molecule has 0 aromatic carbocycles. The molecule has 0 aromatic rings. The van der Waals surface area contributed by atoms with Gasteiger partial charge in [-0.25, -0.2) is 0 Å². The maximum absolute atomic E-state index is 11.7. The molecule has 0 bridgehead atoms. The molecule has 0 saturated heterocycles. The van der Waals surface area contributed by atoms with Crippen LogP contribution in [-0.2, 0) is 23.9 Å². The van der Waals surface area contributed by atoms with Gasteiger partial charge in [-0.3, -0.25) is 14.4 Å². The lowest BCUT2D eigenvalue weighted by Crippen LogP contribution is -2.30. The highest BCUT2D eigenvalue weighted by atomic mass is 32.2. The molecule has 1 atom stereocenters. The van der Waals surface area contributed by atoms with Crippen LogP contribution in [0, 0.1) is 11.8 Å². The van der Waals surface area contributed by atoms with Gasteiger partial charge in [0.25, 0.3) is 0 Å². The van der Waals surface area contributed by atoms with E-state index in [1.165, 1.54) is 18.7 Å². The summed E-state index contributed by atoms with van der Waals surface area (Å²) in [5, 5.41) is 0.0238. The Bertz CT molecular complexity index is 298. The molecule has 0 heterocycles. The summed E-state index contributed by atoms with van der Waals surface area (Å²) in [6.45, 7) is 7.22. The zero-order chi connectivity index (χ0) is 14.8. The quantitative estimate of drug-likeness (QED) is 0.503. The van der Waals surface area contributed by atoms with E-state index in [0.29, 0.717) is 12.2 Å². The van der Waals surface area contributed by atoms with Crippen molar-refractivity contribution in [3.63, 3.8) is 0 Å². The van der Waals surface area contributed by atoms with Crippen LogP contribution in [-0.4, -0.2) is 36.0 Å². The van der Waals surface area contributed by atoms with Gasteiger partial charge < -0.3 is 9.47 Å². The fourth-order valence-electron chi connectivity index (χ4n) is 1.50. The number of rotatable bonds is 8. The second-order valence-electron chi connectivity index (χ2n) is 4.20. The Morgan fingerprint density at radius 2 is 1.53 bits per heavy atom. The third-order valence-electron chi connectivity index (χ3n) is 2.35. The maximum Gasteiger partial charge on any atom is 0.320 e. The number of thioether (sulfide) groups is 1. The molecule has 0 saturated carbocycles. The Morgan fingerprint density at radius 1 is 1.05 bits per heavy atom. The summed E-state index contributed by atoms with van der Waals surface area (Å²) in [6.07, 6.45) is 0.331. The second-order valence-corrected chi connectivity index (χ2v) is 5.40. The Morgan fingerprint density at radius 3 is 1.89 bits per heavy atom. The molecule has 110 valence electrons. The first kappa shape index (κ1) is 18.0. The molecule has 6 heteroatoms. The molecule has 0 fully saturated rings. The molecule has 0 N–H and O–H groups in total. The van der Waals surface area contributed by atoms with Gasteiger partial charge in [-0.15, -0.1) is 0 Å². The first-order valence-electron chi connectivity index (χ1n) is 6.38. The number of hydrogen-bond donors (Lipinski definition) is 0. The number of esters is 2. The Balaban J connectivity index is 4.52. The Labute approximate surface area is 118 Å². The van der Waals surface area contributed by atoms with E-state index >= 15 is 0 Å². The third kappa shape index (κ3) is 7.87.